The topological polar surface area (TPSA) is 6.48 Å². The third-order valence-corrected chi connectivity index (χ3v) is 16.3. The van der Waals surface area contributed by atoms with E-state index in [1.165, 1.54) is 147 Å². The summed E-state index contributed by atoms with van der Waals surface area (Å²) in [6.45, 7) is 18.9. The number of hydrogen-bond acceptors (Lipinski definition) is 2. The van der Waals surface area contributed by atoms with E-state index in [2.05, 4.69) is 235 Å². The fourth-order valence-corrected chi connectivity index (χ4v) is 12.3. The molecule has 2 atom stereocenters. The van der Waals surface area contributed by atoms with Gasteiger partial charge < -0.3 is 9.80 Å². The lowest BCUT2D eigenvalue weighted by atomic mass is 9.65. The zero-order valence-electron chi connectivity index (χ0n) is 43.7. The lowest BCUT2D eigenvalue weighted by molar-refractivity contribution is 0.266. The van der Waals surface area contributed by atoms with Crippen LogP contribution in [0.1, 0.15) is 148 Å². The second-order valence-corrected chi connectivity index (χ2v) is 21.5. The maximum atomic E-state index is 2.66. The maximum Gasteiger partial charge on any atom is 0.0540 e. The van der Waals surface area contributed by atoms with E-state index < -0.39 is 0 Å². The first-order valence-electron chi connectivity index (χ1n) is 27.1. The van der Waals surface area contributed by atoms with Crippen LogP contribution in [0.2, 0.25) is 0 Å². The van der Waals surface area contributed by atoms with Gasteiger partial charge in [0.05, 0.1) is 11.4 Å². The third-order valence-electron chi connectivity index (χ3n) is 16.3. The molecule has 0 fully saturated rings. The number of hydrogen-bond donors (Lipinski definition) is 0. The van der Waals surface area contributed by atoms with Crippen molar-refractivity contribution < 1.29 is 0 Å². The highest BCUT2D eigenvalue weighted by Crippen LogP contribution is 2.59. The highest BCUT2D eigenvalue weighted by molar-refractivity contribution is 6.01. The molecule has 0 heterocycles. The van der Waals surface area contributed by atoms with Crippen LogP contribution < -0.4 is 9.80 Å². The van der Waals surface area contributed by atoms with E-state index >= 15 is 0 Å². The Kier molecular flexibility index (Phi) is 15.0. The van der Waals surface area contributed by atoms with Crippen molar-refractivity contribution >= 4 is 55.7 Å². The van der Waals surface area contributed by atoms with E-state index in [4.69, 9.17) is 0 Å². The van der Waals surface area contributed by atoms with Gasteiger partial charge in [0.25, 0.3) is 0 Å². The van der Waals surface area contributed by atoms with Crippen molar-refractivity contribution in [1.82, 2.24) is 0 Å². The molecule has 0 bridgehead atoms. The van der Waals surface area contributed by atoms with Crippen molar-refractivity contribution in [2.45, 2.75) is 143 Å². The predicted octanol–water partition coefficient (Wildman–Crippen LogP) is 20.8. The van der Waals surface area contributed by atoms with Gasteiger partial charge >= 0.3 is 0 Å². The summed E-state index contributed by atoms with van der Waals surface area (Å²) in [4.78, 5) is 5.11. The van der Waals surface area contributed by atoms with Crippen LogP contribution in [0.5, 0.6) is 0 Å². The van der Waals surface area contributed by atoms with E-state index in [0.29, 0.717) is 11.8 Å². The Morgan fingerprint density at radius 1 is 0.457 bits per heavy atom. The van der Waals surface area contributed by atoms with Crippen molar-refractivity contribution in [2.75, 3.05) is 9.80 Å². The molecule has 8 aromatic rings. The summed E-state index contributed by atoms with van der Waals surface area (Å²) in [5, 5.41) is 5.04. The van der Waals surface area contributed by atoms with Gasteiger partial charge in [-0.3, -0.25) is 0 Å². The Morgan fingerprint density at radius 2 is 0.886 bits per heavy atom. The molecular weight excluding hydrogens is 845 g/mol. The second kappa shape index (κ2) is 21.5. The predicted molar refractivity (Wildman–Crippen MR) is 306 cm³/mol. The van der Waals surface area contributed by atoms with E-state index in [9.17, 15) is 0 Å². The molecule has 1 aliphatic carbocycles. The van der Waals surface area contributed by atoms with E-state index in [-0.39, 0.29) is 10.8 Å². The number of nitrogens with zero attached hydrogens (tertiary/aromatic N) is 2. The molecule has 0 N–H and O–H groups in total. The maximum absolute atomic E-state index is 2.66. The lowest BCUT2D eigenvalue weighted by Gasteiger charge is -2.39. The van der Waals surface area contributed by atoms with Gasteiger partial charge in [0, 0.05) is 38.9 Å². The van der Waals surface area contributed by atoms with Crippen LogP contribution in [0.15, 0.2) is 170 Å². The molecule has 0 saturated heterocycles. The monoisotopic (exact) mass is 923 g/mol. The van der Waals surface area contributed by atoms with Gasteiger partial charge in [0.1, 0.15) is 0 Å². The van der Waals surface area contributed by atoms with Crippen molar-refractivity contribution in [3.8, 4) is 11.1 Å². The largest absolute Gasteiger partial charge is 0.310 e. The Hall–Kier alpha value is -6.12. The smallest absolute Gasteiger partial charge is 0.0540 e. The Morgan fingerprint density at radius 3 is 1.33 bits per heavy atom. The van der Waals surface area contributed by atoms with Crippen molar-refractivity contribution in [2.24, 2.45) is 11.8 Å². The molecule has 70 heavy (non-hydrogen) atoms. The summed E-state index contributed by atoms with van der Waals surface area (Å²) < 4.78 is 0. The number of anilines is 6. The molecule has 2 heteroatoms. The van der Waals surface area contributed by atoms with Crippen LogP contribution in [0, 0.1) is 18.8 Å². The van der Waals surface area contributed by atoms with Crippen LogP contribution in [0.25, 0.3) is 32.7 Å². The fourth-order valence-electron chi connectivity index (χ4n) is 12.3. The summed E-state index contributed by atoms with van der Waals surface area (Å²) in [7, 11) is 0. The van der Waals surface area contributed by atoms with Crippen LogP contribution in [-0.4, -0.2) is 0 Å². The molecule has 0 amide bonds. The van der Waals surface area contributed by atoms with Gasteiger partial charge in [-0.15, -0.1) is 0 Å². The molecule has 1 aliphatic rings. The fraction of sp³-hybridized carbons (Fsp3) is 0.353. The molecule has 360 valence electrons. The van der Waals surface area contributed by atoms with E-state index in [1.807, 2.05) is 0 Å². The summed E-state index contributed by atoms with van der Waals surface area (Å²) in [5.41, 5.74) is 15.7. The molecular formula is C68H78N2. The van der Waals surface area contributed by atoms with E-state index in [1.54, 1.807) is 0 Å². The van der Waals surface area contributed by atoms with Crippen LogP contribution >= 0.6 is 0 Å². The first kappa shape index (κ1) is 48.9. The number of rotatable bonds is 21. The number of unbranched alkanes of at least 4 members (excludes halogenated alkanes) is 2. The Labute approximate surface area is 421 Å². The first-order chi connectivity index (χ1) is 34.1. The van der Waals surface area contributed by atoms with Crippen LogP contribution in [0.4, 0.5) is 34.1 Å². The summed E-state index contributed by atoms with van der Waals surface area (Å²) in [6, 6.07) is 65.3. The molecule has 0 aliphatic heterocycles. The molecule has 8 aromatic carbocycles. The number of benzene rings is 8. The highest BCUT2D eigenvalue weighted by atomic mass is 15.1. The molecule has 2 nitrogen and oxygen atoms in total. The minimum absolute atomic E-state index is 0.110. The first-order valence-corrected chi connectivity index (χ1v) is 27.1. The highest BCUT2D eigenvalue weighted by Gasteiger charge is 2.46. The zero-order chi connectivity index (χ0) is 48.8. The average molecular weight is 923 g/mol. The number of aryl methyl sites for hydroxylation is 1. The van der Waals surface area contributed by atoms with Crippen LogP contribution in [0.3, 0.4) is 0 Å². The zero-order valence-corrected chi connectivity index (χ0v) is 43.7. The quantitative estimate of drug-likeness (QED) is 0.0709. The van der Waals surface area contributed by atoms with Crippen molar-refractivity contribution in [1.29, 1.82) is 0 Å². The average Bonchev–Trinajstić information content (AvgIpc) is 3.64. The SMILES string of the molecule is CCCCC(CC)CC1(CC(CC)CCCC)c2cc(N(c3ccc(C)cc3)c3cccc4ccccc34)ccc2-c2ccc(N(c3ccc(C(C)(C)CCC)cc3)c3cccc4ccccc34)cc21. The molecule has 2 unspecified atom stereocenters. The van der Waals surface area contributed by atoms with Gasteiger partial charge in [-0.05, 0) is 143 Å². The molecule has 0 radical (unpaired) electrons. The Balaban J connectivity index is 1.30. The van der Waals surface area contributed by atoms with Gasteiger partial charge in [0.15, 0.2) is 0 Å². The molecule has 0 aromatic heterocycles. The molecule has 0 spiro atoms. The minimum atomic E-state index is -0.185. The van der Waals surface area contributed by atoms with Crippen LogP contribution in [-0.2, 0) is 10.8 Å². The van der Waals surface area contributed by atoms with Gasteiger partial charge in [-0.2, -0.15) is 0 Å². The molecule has 9 rings (SSSR count). The standard InChI is InChI=1S/C68H78N2/c1-9-14-22-50(12-4)47-68(48-51(13-5)23-15-10-2)63-45-57(69(55-36-32-49(6)33-37-55)65-30-20-26-52-24-16-18-28-59(52)65)40-42-61(63)62-43-41-58(46-64(62)68)70(66-31-21-27-53-25-17-19-29-60(53)66)56-38-34-54(35-39-56)67(7,8)44-11-3/h16-21,24-43,45-46,50-51H,9-15,22-23,44,47-48H2,1-8H3. The van der Waals surface area contributed by atoms with Gasteiger partial charge in [-0.25, -0.2) is 0 Å². The number of fused-ring (bicyclic) bond motifs is 5. The van der Waals surface area contributed by atoms with Crippen molar-refractivity contribution in [3.63, 3.8) is 0 Å². The minimum Gasteiger partial charge on any atom is -0.310 e. The van der Waals surface area contributed by atoms with Gasteiger partial charge in [0.2, 0.25) is 0 Å². The van der Waals surface area contributed by atoms with Crippen molar-refractivity contribution in [3.05, 3.63) is 192 Å². The summed E-state index contributed by atoms with van der Waals surface area (Å²) in [5.74, 6) is 1.21. The summed E-state index contributed by atoms with van der Waals surface area (Å²) >= 11 is 0. The van der Waals surface area contributed by atoms with E-state index in [0.717, 1.165) is 19.3 Å². The normalized spacial score (nSPS) is 15.2. The third kappa shape index (κ3) is 9.69. The summed E-state index contributed by atoms with van der Waals surface area (Å²) in [6.07, 6.45) is 14.5. The Bertz CT molecular complexity index is 2980. The lowest BCUT2D eigenvalue weighted by Crippen LogP contribution is -2.32. The molecule has 0 saturated carbocycles. The van der Waals surface area contributed by atoms with Gasteiger partial charge in [-0.1, -0.05) is 221 Å². The second-order valence-electron chi connectivity index (χ2n) is 21.5.